The summed E-state index contributed by atoms with van der Waals surface area (Å²) in [6, 6.07) is 12.7. The number of rotatable bonds is 7. The molecule has 1 aromatic heterocycles. The van der Waals surface area contributed by atoms with Crippen molar-refractivity contribution in [3.63, 3.8) is 0 Å². The van der Waals surface area contributed by atoms with Crippen LogP contribution in [0.15, 0.2) is 59.6 Å². The fourth-order valence-corrected chi connectivity index (χ4v) is 3.67. The van der Waals surface area contributed by atoms with Crippen molar-refractivity contribution in [1.29, 1.82) is 0 Å². The predicted octanol–water partition coefficient (Wildman–Crippen LogP) is 2.96. The number of aromatic amines is 1. The van der Waals surface area contributed by atoms with Crippen LogP contribution in [0.3, 0.4) is 0 Å². The van der Waals surface area contributed by atoms with E-state index in [4.69, 9.17) is 0 Å². The molecule has 3 atom stereocenters. The number of aliphatic carboxylic acids is 1. The molecule has 1 heterocycles. The third-order valence-electron chi connectivity index (χ3n) is 4.76. The lowest BCUT2D eigenvalue weighted by Gasteiger charge is -2.19. The van der Waals surface area contributed by atoms with E-state index in [-0.39, 0.29) is 12.5 Å². The maximum absolute atomic E-state index is 12.4. The van der Waals surface area contributed by atoms with Crippen molar-refractivity contribution in [2.75, 3.05) is 6.26 Å². The number of hydrogen-bond acceptors (Lipinski definition) is 3. The van der Waals surface area contributed by atoms with Crippen molar-refractivity contribution in [3.8, 4) is 0 Å². The maximum atomic E-state index is 12.4. The molecule has 8 heteroatoms. The summed E-state index contributed by atoms with van der Waals surface area (Å²) in [7, 11) is -1.07. The van der Waals surface area contributed by atoms with Crippen LogP contribution in [0, 0.1) is 0 Å². The van der Waals surface area contributed by atoms with Gasteiger partial charge in [-0.05, 0) is 36.2 Å². The first-order valence-corrected chi connectivity index (χ1v) is 10.7. The molecule has 0 radical (unpaired) electrons. The lowest BCUT2D eigenvalue weighted by atomic mass is 10.1. The molecule has 152 valence electrons. The van der Waals surface area contributed by atoms with Gasteiger partial charge in [-0.3, -0.25) is 4.21 Å². The minimum atomic E-state index is -1.10. The molecule has 0 bridgehead atoms. The Bertz CT molecular complexity index is 1050. The summed E-state index contributed by atoms with van der Waals surface area (Å²) < 4.78 is 11.5. The Balaban J connectivity index is 1.65. The molecule has 0 aliphatic carbocycles. The molecule has 2 amide bonds. The zero-order valence-corrected chi connectivity index (χ0v) is 17.0. The molecule has 0 fully saturated rings. The van der Waals surface area contributed by atoms with Crippen LogP contribution in [-0.2, 0) is 22.0 Å². The number of carboxylic acid groups (broad SMARTS) is 1. The van der Waals surface area contributed by atoms with Gasteiger partial charge >= 0.3 is 12.0 Å². The number of amides is 2. The molecule has 3 rings (SSSR count). The van der Waals surface area contributed by atoms with Gasteiger partial charge in [0.05, 0.1) is 6.04 Å². The third kappa shape index (κ3) is 5.03. The second-order valence-corrected chi connectivity index (χ2v) is 8.20. The Labute approximate surface area is 171 Å². The number of H-pyrrole nitrogens is 1. The van der Waals surface area contributed by atoms with Gasteiger partial charge in [-0.2, -0.15) is 0 Å². The number of carbonyl (C=O) groups is 2. The van der Waals surface area contributed by atoms with Crippen LogP contribution in [0.5, 0.6) is 0 Å². The molecule has 0 saturated heterocycles. The number of fused-ring (bicyclic) bond motifs is 1. The number of urea groups is 1. The zero-order chi connectivity index (χ0) is 21.0. The third-order valence-corrected chi connectivity index (χ3v) is 5.70. The van der Waals surface area contributed by atoms with Crippen LogP contribution < -0.4 is 10.6 Å². The van der Waals surface area contributed by atoms with Gasteiger partial charge in [0.15, 0.2) is 0 Å². The Hall–Kier alpha value is -3.13. The van der Waals surface area contributed by atoms with Gasteiger partial charge in [0.25, 0.3) is 0 Å². The Kier molecular flexibility index (Phi) is 6.33. The van der Waals surface area contributed by atoms with Crippen molar-refractivity contribution in [2.24, 2.45) is 0 Å². The quantitative estimate of drug-likeness (QED) is 0.477. The number of benzene rings is 2. The molecule has 4 N–H and O–H groups in total. The standard InChI is InChI=1S/C21H23N3O4S/c1-13(14-7-9-16(10-8-14)29(2)28)23-21(27)24-19(20(25)26)11-15-12-22-18-6-4-3-5-17(15)18/h3-10,12-13,19,22H,11H2,1-2H3,(H,25,26)(H2,23,24,27)/t13?,19-,29?/m0/s1. The van der Waals surface area contributed by atoms with Crippen LogP contribution in [0.1, 0.15) is 24.1 Å². The number of carbonyl (C=O) groups excluding carboxylic acids is 1. The van der Waals surface area contributed by atoms with Gasteiger partial charge in [-0.1, -0.05) is 30.3 Å². The Morgan fingerprint density at radius 1 is 1.10 bits per heavy atom. The maximum Gasteiger partial charge on any atom is 0.326 e. The first-order chi connectivity index (χ1) is 13.8. The molecule has 7 nitrogen and oxygen atoms in total. The fourth-order valence-electron chi connectivity index (χ4n) is 3.15. The normalized spacial score (nSPS) is 14.1. The van der Waals surface area contributed by atoms with E-state index in [1.807, 2.05) is 24.3 Å². The highest BCUT2D eigenvalue weighted by molar-refractivity contribution is 7.84. The average Bonchev–Trinajstić information content (AvgIpc) is 3.10. The van der Waals surface area contributed by atoms with Crippen molar-refractivity contribution in [3.05, 3.63) is 65.9 Å². The number of aromatic nitrogens is 1. The first-order valence-electron chi connectivity index (χ1n) is 9.13. The van der Waals surface area contributed by atoms with E-state index < -0.39 is 28.8 Å². The predicted molar refractivity (Wildman–Crippen MR) is 112 cm³/mol. The molecule has 0 spiro atoms. The molecule has 29 heavy (non-hydrogen) atoms. The molecule has 0 saturated carbocycles. The molecule has 2 aromatic carbocycles. The first kappa shape index (κ1) is 20.6. The lowest BCUT2D eigenvalue weighted by molar-refractivity contribution is -0.139. The van der Waals surface area contributed by atoms with Crippen LogP contribution in [-0.4, -0.2) is 38.6 Å². The lowest BCUT2D eigenvalue weighted by Crippen LogP contribution is -2.47. The van der Waals surface area contributed by atoms with Crippen molar-refractivity contribution in [2.45, 2.75) is 30.3 Å². The summed E-state index contributed by atoms with van der Waals surface area (Å²) in [5.74, 6) is -1.10. The van der Waals surface area contributed by atoms with E-state index in [9.17, 15) is 18.9 Å². The van der Waals surface area contributed by atoms with Crippen LogP contribution >= 0.6 is 0 Å². The summed E-state index contributed by atoms with van der Waals surface area (Å²) in [5.41, 5.74) is 2.57. The summed E-state index contributed by atoms with van der Waals surface area (Å²) in [6.45, 7) is 1.80. The van der Waals surface area contributed by atoms with E-state index in [1.54, 1.807) is 43.6 Å². The molecule has 0 aliphatic rings. The highest BCUT2D eigenvalue weighted by Crippen LogP contribution is 2.19. The number of nitrogens with one attached hydrogen (secondary N) is 3. The minimum absolute atomic E-state index is 0.165. The SMILES string of the molecule is CC(NC(=O)N[C@@H](Cc1c[nH]c2ccccc12)C(=O)O)c1ccc(S(C)=O)cc1. The topological polar surface area (TPSA) is 111 Å². The van der Waals surface area contributed by atoms with Crippen LogP contribution in [0.2, 0.25) is 0 Å². The van der Waals surface area contributed by atoms with E-state index in [0.717, 1.165) is 22.0 Å². The van der Waals surface area contributed by atoms with Crippen molar-refractivity contribution in [1.82, 2.24) is 15.6 Å². The van der Waals surface area contributed by atoms with Gasteiger partial charge in [-0.25, -0.2) is 9.59 Å². The second-order valence-electron chi connectivity index (χ2n) is 6.82. The van der Waals surface area contributed by atoms with Gasteiger partial charge in [0.1, 0.15) is 6.04 Å². The monoisotopic (exact) mass is 413 g/mol. The fraction of sp³-hybridized carbons (Fsp3) is 0.238. The summed E-state index contributed by atoms with van der Waals surface area (Å²) in [6.07, 6.45) is 3.53. The van der Waals surface area contributed by atoms with E-state index in [2.05, 4.69) is 15.6 Å². The Morgan fingerprint density at radius 2 is 1.79 bits per heavy atom. The molecular weight excluding hydrogens is 390 g/mol. The molecule has 3 aromatic rings. The van der Waals surface area contributed by atoms with E-state index in [1.165, 1.54) is 0 Å². The smallest absolute Gasteiger partial charge is 0.326 e. The van der Waals surface area contributed by atoms with Crippen molar-refractivity contribution >= 4 is 33.7 Å². The average molecular weight is 413 g/mol. The van der Waals surface area contributed by atoms with Crippen molar-refractivity contribution < 1.29 is 18.9 Å². The number of para-hydroxylation sites is 1. The number of hydrogen-bond donors (Lipinski definition) is 4. The summed E-state index contributed by atoms with van der Waals surface area (Å²) in [5, 5.41) is 15.8. The van der Waals surface area contributed by atoms with Gasteiger partial charge in [0.2, 0.25) is 0 Å². The molecule has 2 unspecified atom stereocenters. The molecular formula is C21H23N3O4S. The Morgan fingerprint density at radius 3 is 2.45 bits per heavy atom. The second kappa shape index (κ2) is 8.91. The van der Waals surface area contributed by atoms with E-state index >= 15 is 0 Å². The number of carboxylic acids is 1. The van der Waals surface area contributed by atoms with Gasteiger partial charge in [-0.15, -0.1) is 0 Å². The highest BCUT2D eigenvalue weighted by atomic mass is 32.2. The highest BCUT2D eigenvalue weighted by Gasteiger charge is 2.22. The summed E-state index contributed by atoms with van der Waals surface area (Å²) >= 11 is 0. The van der Waals surface area contributed by atoms with Gasteiger partial charge < -0.3 is 20.7 Å². The minimum Gasteiger partial charge on any atom is -0.480 e. The van der Waals surface area contributed by atoms with Gasteiger partial charge in [0, 0.05) is 45.5 Å². The van der Waals surface area contributed by atoms with Crippen LogP contribution in [0.25, 0.3) is 10.9 Å². The molecule has 0 aliphatic heterocycles. The summed E-state index contributed by atoms with van der Waals surface area (Å²) in [4.78, 5) is 27.9. The zero-order valence-electron chi connectivity index (χ0n) is 16.1. The largest absolute Gasteiger partial charge is 0.480 e. The van der Waals surface area contributed by atoms with Crippen LogP contribution in [0.4, 0.5) is 4.79 Å². The van der Waals surface area contributed by atoms with E-state index in [0.29, 0.717) is 4.90 Å².